The molecule has 1 aromatic carbocycles. The van der Waals surface area contributed by atoms with Crippen LogP contribution in [0, 0.1) is 0 Å². The van der Waals surface area contributed by atoms with E-state index in [1.54, 1.807) is 18.3 Å². The van der Waals surface area contributed by atoms with E-state index in [-0.39, 0.29) is 0 Å². The number of unbranched alkanes of at least 4 members (excludes halogenated alkanes) is 3. The van der Waals surface area contributed by atoms with Gasteiger partial charge >= 0.3 is 0 Å². The SMILES string of the molecule is Nc1c(Cl)cc(Cl)cc1C(O)CNCCCCCCOCCc1ccccn1. The number of rotatable bonds is 13. The maximum Gasteiger partial charge on any atom is 0.0935 e. The molecule has 5 nitrogen and oxygen atoms in total. The number of hydrogen-bond acceptors (Lipinski definition) is 5. The molecule has 0 bridgehead atoms. The second-order valence-electron chi connectivity index (χ2n) is 6.71. The number of nitrogen functional groups attached to an aromatic ring is 1. The van der Waals surface area contributed by atoms with Crippen LogP contribution in [0.1, 0.15) is 43.0 Å². The lowest BCUT2D eigenvalue weighted by Gasteiger charge is -2.15. The van der Waals surface area contributed by atoms with Gasteiger partial charge in [-0.1, -0.05) is 42.1 Å². The van der Waals surface area contributed by atoms with E-state index >= 15 is 0 Å². The Balaban J connectivity index is 1.46. The van der Waals surface area contributed by atoms with Crippen molar-refractivity contribution in [1.29, 1.82) is 0 Å². The Morgan fingerprint density at radius 1 is 1.11 bits per heavy atom. The molecule has 4 N–H and O–H groups in total. The molecule has 154 valence electrons. The number of anilines is 1. The zero-order chi connectivity index (χ0) is 20.2. The number of hydrogen-bond donors (Lipinski definition) is 3. The van der Waals surface area contributed by atoms with Crippen molar-refractivity contribution in [3.8, 4) is 0 Å². The Labute approximate surface area is 177 Å². The van der Waals surface area contributed by atoms with Gasteiger partial charge in [-0.2, -0.15) is 0 Å². The number of aliphatic hydroxyl groups is 1. The summed E-state index contributed by atoms with van der Waals surface area (Å²) in [7, 11) is 0. The van der Waals surface area contributed by atoms with Gasteiger partial charge in [0.15, 0.2) is 0 Å². The van der Waals surface area contributed by atoms with Crippen molar-refractivity contribution in [3.05, 3.63) is 57.8 Å². The van der Waals surface area contributed by atoms with Crippen LogP contribution in [0.25, 0.3) is 0 Å². The van der Waals surface area contributed by atoms with Crippen LogP contribution in [0.3, 0.4) is 0 Å². The van der Waals surface area contributed by atoms with Crippen molar-refractivity contribution in [2.75, 3.05) is 32.0 Å². The molecule has 0 spiro atoms. The van der Waals surface area contributed by atoms with Crippen molar-refractivity contribution < 1.29 is 9.84 Å². The average Bonchev–Trinajstić information content (AvgIpc) is 2.69. The van der Waals surface area contributed by atoms with Gasteiger partial charge in [0.25, 0.3) is 0 Å². The van der Waals surface area contributed by atoms with Crippen LogP contribution in [-0.4, -0.2) is 36.4 Å². The largest absolute Gasteiger partial charge is 0.397 e. The van der Waals surface area contributed by atoms with E-state index in [1.165, 1.54) is 0 Å². The Bertz CT molecular complexity index is 702. The molecule has 0 aliphatic rings. The molecule has 2 rings (SSSR count). The third kappa shape index (κ3) is 8.33. The normalized spacial score (nSPS) is 12.2. The highest BCUT2D eigenvalue weighted by molar-refractivity contribution is 6.36. The Kier molecular flexibility index (Phi) is 10.6. The fraction of sp³-hybridized carbons (Fsp3) is 0.476. The van der Waals surface area contributed by atoms with E-state index in [0.717, 1.165) is 50.9 Å². The molecule has 7 heteroatoms. The van der Waals surface area contributed by atoms with Gasteiger partial charge in [0, 0.05) is 42.0 Å². The number of aliphatic hydroxyl groups excluding tert-OH is 1. The van der Waals surface area contributed by atoms with E-state index < -0.39 is 6.10 Å². The molecule has 0 amide bonds. The lowest BCUT2D eigenvalue weighted by molar-refractivity contribution is 0.132. The van der Waals surface area contributed by atoms with Gasteiger partial charge in [0.05, 0.1) is 23.4 Å². The number of nitrogens with one attached hydrogen (secondary N) is 1. The van der Waals surface area contributed by atoms with Crippen LogP contribution in [0.2, 0.25) is 10.0 Å². The van der Waals surface area contributed by atoms with Gasteiger partial charge < -0.3 is 20.9 Å². The summed E-state index contributed by atoms with van der Waals surface area (Å²) in [6, 6.07) is 9.16. The predicted molar refractivity (Wildman–Crippen MR) is 116 cm³/mol. The van der Waals surface area contributed by atoms with Gasteiger partial charge in [0.2, 0.25) is 0 Å². The summed E-state index contributed by atoms with van der Waals surface area (Å²) in [5.74, 6) is 0. The maximum atomic E-state index is 10.3. The first-order chi connectivity index (χ1) is 13.6. The molecular weight excluding hydrogens is 397 g/mol. The van der Waals surface area contributed by atoms with Crippen molar-refractivity contribution in [3.63, 3.8) is 0 Å². The topological polar surface area (TPSA) is 80.4 Å². The Hall–Kier alpha value is -1.37. The molecule has 28 heavy (non-hydrogen) atoms. The lowest BCUT2D eigenvalue weighted by Crippen LogP contribution is -2.23. The quantitative estimate of drug-likeness (QED) is 0.327. The summed E-state index contributed by atoms with van der Waals surface area (Å²) in [4.78, 5) is 4.27. The molecule has 1 aromatic heterocycles. The smallest absolute Gasteiger partial charge is 0.0935 e. The molecule has 0 fully saturated rings. The number of nitrogens with zero attached hydrogens (tertiary/aromatic N) is 1. The number of aromatic nitrogens is 1. The lowest BCUT2D eigenvalue weighted by atomic mass is 10.1. The summed E-state index contributed by atoms with van der Waals surface area (Å²) in [6.45, 7) is 2.75. The van der Waals surface area contributed by atoms with E-state index in [1.807, 2.05) is 18.2 Å². The molecule has 1 unspecified atom stereocenters. The van der Waals surface area contributed by atoms with Crippen molar-refractivity contribution in [2.45, 2.75) is 38.2 Å². The second kappa shape index (κ2) is 13.0. The molecular formula is C21H29Cl2N3O2. The zero-order valence-electron chi connectivity index (χ0n) is 16.0. The zero-order valence-corrected chi connectivity index (χ0v) is 17.6. The van der Waals surface area contributed by atoms with E-state index in [2.05, 4.69) is 10.3 Å². The number of ether oxygens (including phenoxy) is 1. The second-order valence-corrected chi connectivity index (χ2v) is 7.55. The molecule has 2 aromatic rings. The third-order valence-corrected chi connectivity index (χ3v) is 4.97. The number of pyridine rings is 1. The fourth-order valence-electron chi connectivity index (χ4n) is 2.86. The summed E-state index contributed by atoms with van der Waals surface area (Å²) in [5.41, 5.74) is 7.92. The van der Waals surface area contributed by atoms with Gasteiger partial charge in [-0.3, -0.25) is 4.98 Å². The van der Waals surface area contributed by atoms with Gasteiger partial charge in [-0.05, 0) is 43.7 Å². The number of benzene rings is 1. The molecule has 1 atom stereocenters. The van der Waals surface area contributed by atoms with Gasteiger partial charge in [0.1, 0.15) is 0 Å². The van der Waals surface area contributed by atoms with E-state index in [0.29, 0.717) is 34.4 Å². The molecule has 0 saturated heterocycles. The maximum absolute atomic E-state index is 10.3. The molecule has 0 aliphatic heterocycles. The Morgan fingerprint density at radius 2 is 1.93 bits per heavy atom. The predicted octanol–water partition coefficient (Wildman–Crippen LogP) is 4.41. The highest BCUT2D eigenvalue weighted by Gasteiger charge is 2.14. The first kappa shape index (κ1) is 22.9. The fourth-order valence-corrected chi connectivity index (χ4v) is 3.37. The monoisotopic (exact) mass is 425 g/mol. The van der Waals surface area contributed by atoms with Crippen LogP contribution in [0.15, 0.2) is 36.5 Å². The highest BCUT2D eigenvalue weighted by Crippen LogP contribution is 2.31. The molecule has 0 radical (unpaired) electrons. The molecule has 0 saturated carbocycles. The summed E-state index contributed by atoms with van der Waals surface area (Å²) >= 11 is 12.0. The summed E-state index contributed by atoms with van der Waals surface area (Å²) in [5, 5.41) is 14.4. The Morgan fingerprint density at radius 3 is 2.71 bits per heavy atom. The van der Waals surface area contributed by atoms with Crippen LogP contribution in [-0.2, 0) is 11.2 Å². The van der Waals surface area contributed by atoms with E-state index in [9.17, 15) is 5.11 Å². The first-order valence-electron chi connectivity index (χ1n) is 9.68. The van der Waals surface area contributed by atoms with Gasteiger partial charge in [-0.15, -0.1) is 0 Å². The number of halogens is 2. The minimum absolute atomic E-state index is 0.365. The van der Waals surface area contributed by atoms with Crippen molar-refractivity contribution in [1.82, 2.24) is 10.3 Å². The summed E-state index contributed by atoms with van der Waals surface area (Å²) < 4.78 is 5.65. The van der Waals surface area contributed by atoms with Crippen molar-refractivity contribution >= 4 is 28.9 Å². The van der Waals surface area contributed by atoms with Crippen LogP contribution < -0.4 is 11.1 Å². The van der Waals surface area contributed by atoms with Gasteiger partial charge in [-0.25, -0.2) is 0 Å². The van der Waals surface area contributed by atoms with Crippen molar-refractivity contribution in [2.24, 2.45) is 0 Å². The van der Waals surface area contributed by atoms with Crippen LogP contribution in [0.4, 0.5) is 5.69 Å². The minimum atomic E-state index is -0.733. The third-order valence-electron chi connectivity index (χ3n) is 4.44. The van der Waals surface area contributed by atoms with E-state index in [4.69, 9.17) is 33.7 Å². The average molecular weight is 426 g/mol. The molecule has 1 heterocycles. The van der Waals surface area contributed by atoms with Crippen LogP contribution >= 0.6 is 23.2 Å². The highest BCUT2D eigenvalue weighted by atomic mass is 35.5. The van der Waals surface area contributed by atoms with Crippen LogP contribution in [0.5, 0.6) is 0 Å². The first-order valence-corrected chi connectivity index (χ1v) is 10.4. The standard InChI is InChI=1S/C21H29Cl2N3O2/c22-16-13-18(21(24)19(23)14-16)20(27)15-25-9-4-1-2-6-11-28-12-8-17-7-3-5-10-26-17/h3,5,7,10,13-14,20,25,27H,1-2,4,6,8-9,11-12,15,24H2. The minimum Gasteiger partial charge on any atom is -0.397 e. The number of nitrogens with two attached hydrogens (primary N) is 1. The summed E-state index contributed by atoms with van der Waals surface area (Å²) in [6.07, 6.45) is 6.29. The molecule has 0 aliphatic carbocycles.